The summed E-state index contributed by atoms with van der Waals surface area (Å²) in [5.41, 5.74) is 7.36. The highest BCUT2D eigenvalue weighted by atomic mass is 16.5. The lowest BCUT2D eigenvalue weighted by Gasteiger charge is -2.04. The molecule has 0 spiro atoms. The molecule has 2 aliphatic rings. The van der Waals surface area contributed by atoms with Crippen LogP contribution in [0, 0.1) is 0 Å². The molecule has 1 unspecified atom stereocenters. The van der Waals surface area contributed by atoms with E-state index >= 15 is 0 Å². The van der Waals surface area contributed by atoms with Gasteiger partial charge < -0.3 is 10.5 Å². The minimum atomic E-state index is 0.116. The molecule has 0 saturated heterocycles. The summed E-state index contributed by atoms with van der Waals surface area (Å²) in [6.07, 6.45) is 4.59. The fraction of sp³-hybridized carbons (Fsp3) is 0.333. The van der Waals surface area contributed by atoms with Crippen LogP contribution in [0.4, 0.5) is 5.69 Å². The van der Waals surface area contributed by atoms with Crippen LogP contribution in [-0.4, -0.2) is 24.7 Å². The normalized spacial score (nSPS) is 20.2. The Morgan fingerprint density at radius 3 is 2.68 bits per heavy atom. The standard InChI is InChI=1S/C13H13N3O.C2H6/c14-10-3-1-9(2-4-10)13-16-11-5-7-15-8-6-12(11)17-13;1-2/h1-4,6,8,11H,5,7,14H2;1-2H3. The highest BCUT2D eigenvalue weighted by Crippen LogP contribution is 2.24. The van der Waals surface area contributed by atoms with Crippen molar-refractivity contribution in [2.75, 3.05) is 12.3 Å². The lowest BCUT2D eigenvalue weighted by molar-refractivity contribution is 0.413. The molecule has 0 radical (unpaired) electrons. The molecule has 0 saturated carbocycles. The number of nitrogen functional groups attached to an aromatic ring is 1. The van der Waals surface area contributed by atoms with Gasteiger partial charge in [-0.1, -0.05) is 13.8 Å². The molecule has 4 nitrogen and oxygen atoms in total. The highest BCUT2D eigenvalue weighted by molar-refractivity contribution is 5.97. The Bertz CT molecular complexity index is 515. The van der Waals surface area contributed by atoms with Gasteiger partial charge in [-0.15, -0.1) is 0 Å². The number of nitrogens with two attached hydrogens (primary N) is 1. The van der Waals surface area contributed by atoms with Gasteiger partial charge in [-0.05, 0) is 36.8 Å². The second-order valence-electron chi connectivity index (χ2n) is 4.09. The van der Waals surface area contributed by atoms with Gasteiger partial charge in [0.15, 0.2) is 0 Å². The van der Waals surface area contributed by atoms with E-state index in [9.17, 15) is 0 Å². The molecular weight excluding hydrogens is 238 g/mol. The fourth-order valence-electron chi connectivity index (χ4n) is 1.92. The molecule has 0 aliphatic carbocycles. The van der Waals surface area contributed by atoms with E-state index in [1.165, 1.54) is 0 Å². The summed E-state index contributed by atoms with van der Waals surface area (Å²) in [7, 11) is 0. The number of hydrogen-bond acceptors (Lipinski definition) is 4. The molecule has 4 heteroatoms. The van der Waals surface area contributed by atoms with E-state index in [2.05, 4.69) is 9.98 Å². The van der Waals surface area contributed by atoms with Crippen molar-refractivity contribution in [1.82, 2.24) is 0 Å². The third kappa shape index (κ3) is 3.02. The van der Waals surface area contributed by atoms with E-state index in [0.717, 1.165) is 30.0 Å². The average Bonchev–Trinajstić information content (AvgIpc) is 2.73. The van der Waals surface area contributed by atoms with Crippen molar-refractivity contribution < 1.29 is 4.74 Å². The third-order valence-corrected chi connectivity index (χ3v) is 2.85. The molecule has 1 atom stereocenters. The van der Waals surface area contributed by atoms with Gasteiger partial charge in [0.25, 0.3) is 0 Å². The van der Waals surface area contributed by atoms with E-state index < -0.39 is 0 Å². The number of fused-ring (bicyclic) bond motifs is 1. The van der Waals surface area contributed by atoms with Crippen molar-refractivity contribution in [3.8, 4) is 0 Å². The Hall–Kier alpha value is -2.10. The largest absolute Gasteiger partial charge is 0.441 e. The minimum Gasteiger partial charge on any atom is -0.441 e. The molecular formula is C15H19N3O. The third-order valence-electron chi connectivity index (χ3n) is 2.85. The fourth-order valence-corrected chi connectivity index (χ4v) is 1.92. The number of nitrogens with zero attached hydrogens (tertiary/aromatic N) is 2. The Morgan fingerprint density at radius 2 is 1.95 bits per heavy atom. The summed E-state index contributed by atoms with van der Waals surface area (Å²) in [6, 6.07) is 7.67. The summed E-state index contributed by atoms with van der Waals surface area (Å²) >= 11 is 0. The second-order valence-corrected chi connectivity index (χ2v) is 4.09. The van der Waals surface area contributed by atoms with Gasteiger partial charge in [-0.2, -0.15) is 0 Å². The van der Waals surface area contributed by atoms with Crippen LogP contribution in [0.2, 0.25) is 0 Å². The monoisotopic (exact) mass is 257 g/mol. The zero-order chi connectivity index (χ0) is 13.7. The summed E-state index contributed by atoms with van der Waals surface area (Å²) in [6.45, 7) is 4.80. The maximum Gasteiger partial charge on any atom is 0.222 e. The van der Waals surface area contributed by atoms with Crippen LogP contribution in [0.1, 0.15) is 25.8 Å². The number of rotatable bonds is 1. The number of hydrogen-bond donors (Lipinski definition) is 1. The highest BCUT2D eigenvalue weighted by Gasteiger charge is 2.26. The van der Waals surface area contributed by atoms with Crippen LogP contribution in [0.3, 0.4) is 0 Å². The van der Waals surface area contributed by atoms with Gasteiger partial charge in [0.05, 0.1) is 0 Å². The van der Waals surface area contributed by atoms with E-state index in [0.29, 0.717) is 5.90 Å². The van der Waals surface area contributed by atoms with Crippen molar-refractivity contribution in [3.05, 3.63) is 41.7 Å². The number of aliphatic imine (C=N–C) groups is 2. The summed E-state index contributed by atoms with van der Waals surface area (Å²) < 4.78 is 5.75. The van der Waals surface area contributed by atoms with Gasteiger partial charge in [0.1, 0.15) is 11.8 Å². The molecule has 2 heterocycles. The van der Waals surface area contributed by atoms with Crippen molar-refractivity contribution >= 4 is 17.8 Å². The van der Waals surface area contributed by atoms with E-state index in [1.54, 1.807) is 6.21 Å². The van der Waals surface area contributed by atoms with E-state index in [4.69, 9.17) is 10.5 Å². The van der Waals surface area contributed by atoms with E-state index in [1.807, 2.05) is 44.2 Å². The van der Waals surface area contributed by atoms with Crippen LogP contribution >= 0.6 is 0 Å². The molecule has 19 heavy (non-hydrogen) atoms. The first-order valence-electron chi connectivity index (χ1n) is 6.64. The average molecular weight is 257 g/mol. The maximum absolute atomic E-state index is 5.75. The Morgan fingerprint density at radius 1 is 1.21 bits per heavy atom. The number of benzene rings is 1. The molecule has 0 fully saturated rings. The van der Waals surface area contributed by atoms with Crippen LogP contribution < -0.4 is 5.73 Å². The van der Waals surface area contributed by atoms with Gasteiger partial charge in [0, 0.05) is 24.0 Å². The van der Waals surface area contributed by atoms with Gasteiger partial charge in [0.2, 0.25) is 5.90 Å². The first kappa shape index (κ1) is 13.3. The van der Waals surface area contributed by atoms with Crippen LogP contribution in [0.25, 0.3) is 0 Å². The lowest BCUT2D eigenvalue weighted by atomic mass is 10.2. The molecule has 1 aromatic rings. The van der Waals surface area contributed by atoms with Gasteiger partial charge in [-0.3, -0.25) is 4.99 Å². The second kappa shape index (κ2) is 6.18. The van der Waals surface area contributed by atoms with Crippen molar-refractivity contribution in [1.29, 1.82) is 0 Å². The van der Waals surface area contributed by atoms with Crippen molar-refractivity contribution in [2.45, 2.75) is 26.3 Å². The lowest BCUT2D eigenvalue weighted by Crippen LogP contribution is -2.04. The quantitative estimate of drug-likeness (QED) is 0.786. The molecule has 1 aromatic carbocycles. The molecule has 2 aliphatic heterocycles. The van der Waals surface area contributed by atoms with Gasteiger partial charge >= 0.3 is 0 Å². The van der Waals surface area contributed by atoms with Gasteiger partial charge in [-0.25, -0.2) is 4.99 Å². The molecule has 100 valence electrons. The van der Waals surface area contributed by atoms with Crippen LogP contribution in [-0.2, 0) is 4.74 Å². The summed E-state index contributed by atoms with van der Waals surface area (Å²) in [4.78, 5) is 8.77. The number of ether oxygens (including phenoxy) is 1. The smallest absolute Gasteiger partial charge is 0.222 e. The van der Waals surface area contributed by atoms with E-state index in [-0.39, 0.29) is 6.04 Å². The number of allylic oxidation sites excluding steroid dienone is 1. The zero-order valence-corrected chi connectivity index (χ0v) is 11.3. The maximum atomic E-state index is 5.75. The Kier molecular flexibility index (Phi) is 4.34. The summed E-state index contributed by atoms with van der Waals surface area (Å²) in [5.74, 6) is 1.56. The molecule has 0 amide bonds. The topological polar surface area (TPSA) is 60.0 Å². The van der Waals surface area contributed by atoms with Crippen LogP contribution in [0.5, 0.6) is 0 Å². The Balaban J connectivity index is 0.000000637. The predicted molar refractivity (Wildman–Crippen MR) is 79.7 cm³/mol. The Labute approximate surface area is 113 Å². The minimum absolute atomic E-state index is 0.116. The van der Waals surface area contributed by atoms with Crippen molar-refractivity contribution in [2.24, 2.45) is 9.98 Å². The summed E-state index contributed by atoms with van der Waals surface area (Å²) in [5, 5.41) is 0. The molecule has 3 rings (SSSR count). The predicted octanol–water partition coefficient (Wildman–Crippen LogP) is 2.80. The first-order valence-corrected chi connectivity index (χ1v) is 6.64. The first-order chi connectivity index (χ1) is 9.33. The van der Waals surface area contributed by atoms with Crippen LogP contribution in [0.15, 0.2) is 46.1 Å². The molecule has 2 N–H and O–H groups in total. The van der Waals surface area contributed by atoms with Crippen molar-refractivity contribution in [3.63, 3.8) is 0 Å². The zero-order valence-electron chi connectivity index (χ0n) is 11.3. The molecule has 0 bridgehead atoms. The number of anilines is 1. The SMILES string of the molecule is CC.Nc1ccc(C2=NC3CCN=CC=C3O2)cc1. The molecule has 0 aromatic heterocycles.